The number of amides is 3. The van der Waals surface area contributed by atoms with Gasteiger partial charge in [-0.1, -0.05) is 37.7 Å². The molecule has 0 bridgehead atoms. The minimum Gasteiger partial charge on any atom is -0.378 e. The summed E-state index contributed by atoms with van der Waals surface area (Å²) in [5.41, 5.74) is 2.87. The predicted octanol–water partition coefficient (Wildman–Crippen LogP) is 4.32. The topological polar surface area (TPSA) is 123 Å². The van der Waals surface area contributed by atoms with E-state index in [9.17, 15) is 9.59 Å². The van der Waals surface area contributed by atoms with Crippen molar-refractivity contribution in [2.45, 2.75) is 26.3 Å². The van der Waals surface area contributed by atoms with Gasteiger partial charge in [0.15, 0.2) is 0 Å². The maximum Gasteiger partial charge on any atom is 0.319 e. The number of carbonyl (C=O) groups excluding carboxylic acids is 2. The van der Waals surface area contributed by atoms with E-state index in [1.807, 2.05) is 63.2 Å². The molecule has 0 aliphatic heterocycles. The van der Waals surface area contributed by atoms with Crippen molar-refractivity contribution in [3.63, 3.8) is 0 Å². The summed E-state index contributed by atoms with van der Waals surface area (Å²) >= 11 is 1.26. The zero-order valence-electron chi connectivity index (χ0n) is 19.5. The molecule has 3 N–H and O–H groups in total. The molecular weight excluding hydrogens is 450 g/mol. The molecule has 176 valence electrons. The zero-order chi connectivity index (χ0) is 24.7. The molecule has 0 aliphatic rings. The van der Waals surface area contributed by atoms with Crippen LogP contribution in [0.3, 0.4) is 0 Å². The lowest BCUT2D eigenvalue weighted by molar-refractivity contribution is -0.119. The number of carbonyl (C=O) groups is 2. The maximum atomic E-state index is 13.0. The molecule has 0 spiro atoms. The number of hydrogen-bond donors (Lipinski definition) is 3. The van der Waals surface area contributed by atoms with Crippen molar-refractivity contribution in [1.29, 1.82) is 5.26 Å². The van der Waals surface area contributed by atoms with Crippen LogP contribution in [0, 0.1) is 17.2 Å². The lowest BCUT2D eigenvalue weighted by Crippen LogP contribution is -2.49. The molecule has 2 unspecified atom stereocenters. The van der Waals surface area contributed by atoms with Crippen molar-refractivity contribution >= 4 is 39.8 Å². The van der Waals surface area contributed by atoms with Crippen molar-refractivity contribution in [3.05, 3.63) is 54.1 Å². The Morgan fingerprint density at radius 3 is 2.50 bits per heavy atom. The number of hydrogen-bond acceptors (Lipinski definition) is 7. The van der Waals surface area contributed by atoms with Crippen molar-refractivity contribution in [2.24, 2.45) is 5.92 Å². The van der Waals surface area contributed by atoms with Crippen molar-refractivity contribution in [3.8, 4) is 16.6 Å². The van der Waals surface area contributed by atoms with Crippen LogP contribution in [0.2, 0.25) is 0 Å². The summed E-state index contributed by atoms with van der Waals surface area (Å²) in [7, 11) is 3.94. The zero-order valence-corrected chi connectivity index (χ0v) is 20.3. The highest BCUT2D eigenvalue weighted by atomic mass is 32.1. The van der Waals surface area contributed by atoms with Crippen LogP contribution >= 0.6 is 11.3 Å². The summed E-state index contributed by atoms with van der Waals surface area (Å²) < 4.78 is 0. The average molecular weight is 478 g/mol. The quantitative estimate of drug-likeness (QED) is 0.444. The van der Waals surface area contributed by atoms with Crippen LogP contribution in [0.1, 0.15) is 25.8 Å². The first-order chi connectivity index (χ1) is 16.3. The molecule has 0 aliphatic carbocycles. The molecular formula is C24H27N7O2S. The Labute approximate surface area is 202 Å². The van der Waals surface area contributed by atoms with E-state index in [4.69, 9.17) is 5.26 Å². The van der Waals surface area contributed by atoms with Gasteiger partial charge in [-0.05, 0) is 48.4 Å². The Morgan fingerprint density at radius 1 is 1.12 bits per heavy atom. The molecule has 2 atom stereocenters. The number of rotatable bonds is 8. The van der Waals surface area contributed by atoms with Crippen LogP contribution in [0.5, 0.6) is 0 Å². The number of aromatic nitrogens is 2. The van der Waals surface area contributed by atoms with Crippen molar-refractivity contribution in [1.82, 2.24) is 15.5 Å². The van der Waals surface area contributed by atoms with E-state index in [1.165, 1.54) is 11.3 Å². The third-order valence-corrected chi connectivity index (χ3v) is 6.21. The summed E-state index contributed by atoms with van der Waals surface area (Å²) in [6.45, 7) is 3.83. The molecule has 9 nitrogen and oxygen atoms in total. The second-order valence-corrected chi connectivity index (χ2v) is 8.97. The van der Waals surface area contributed by atoms with Gasteiger partial charge in [-0.15, -0.1) is 10.2 Å². The summed E-state index contributed by atoms with van der Waals surface area (Å²) in [6.07, 6.45) is 0.682. The first-order valence-corrected chi connectivity index (χ1v) is 11.6. The Hall–Kier alpha value is -3.97. The van der Waals surface area contributed by atoms with Crippen LogP contribution in [-0.2, 0) is 4.79 Å². The molecule has 0 saturated heterocycles. The second kappa shape index (κ2) is 11.2. The third-order valence-electron chi connectivity index (χ3n) is 5.32. The summed E-state index contributed by atoms with van der Waals surface area (Å²) in [6, 6.07) is 15.2. The van der Waals surface area contributed by atoms with E-state index in [0.29, 0.717) is 27.8 Å². The van der Waals surface area contributed by atoms with Crippen LogP contribution < -0.4 is 20.9 Å². The lowest BCUT2D eigenvalue weighted by Gasteiger charge is -2.23. The molecule has 3 aromatic rings. The Bertz CT molecular complexity index is 1180. The number of urea groups is 1. The monoisotopic (exact) mass is 477 g/mol. The fraction of sp³-hybridized carbons (Fsp3) is 0.292. The molecule has 34 heavy (non-hydrogen) atoms. The van der Waals surface area contributed by atoms with Crippen molar-refractivity contribution < 1.29 is 9.59 Å². The Balaban J connectivity index is 1.67. The van der Waals surface area contributed by atoms with Crippen LogP contribution in [-0.4, -0.2) is 42.3 Å². The Kier molecular flexibility index (Phi) is 8.16. The standard InChI is InChI=1S/C24H27N7O2S/c1-5-15(2)20(27-23(33)26-18-8-6-7-16(13-18)14-25)21(32)28-24-30-29-22(34-24)17-9-11-19(12-10-17)31(3)4/h6-13,15,20H,5H2,1-4H3,(H2,26,27,33)(H,28,30,32). The van der Waals surface area contributed by atoms with Gasteiger partial charge in [0.2, 0.25) is 11.0 Å². The van der Waals surface area contributed by atoms with E-state index in [-0.39, 0.29) is 11.8 Å². The highest BCUT2D eigenvalue weighted by Crippen LogP contribution is 2.28. The fourth-order valence-corrected chi connectivity index (χ4v) is 3.90. The number of nitrogens with zero attached hydrogens (tertiary/aromatic N) is 4. The molecule has 0 saturated carbocycles. The molecule has 1 heterocycles. The first kappa shape index (κ1) is 24.7. The molecule has 3 rings (SSSR count). The molecule has 0 radical (unpaired) electrons. The molecule has 0 fully saturated rings. The minimum absolute atomic E-state index is 0.123. The van der Waals surface area contributed by atoms with Gasteiger partial charge < -0.3 is 15.5 Å². The first-order valence-electron chi connectivity index (χ1n) is 10.8. The van der Waals surface area contributed by atoms with Gasteiger partial charge in [0, 0.05) is 31.0 Å². The van der Waals surface area contributed by atoms with E-state index in [0.717, 1.165) is 11.3 Å². The smallest absolute Gasteiger partial charge is 0.319 e. The highest BCUT2D eigenvalue weighted by molar-refractivity contribution is 7.18. The fourth-order valence-electron chi connectivity index (χ4n) is 3.15. The van der Waals surface area contributed by atoms with Gasteiger partial charge in [-0.3, -0.25) is 10.1 Å². The summed E-state index contributed by atoms with van der Waals surface area (Å²) in [5.74, 6) is -0.497. The van der Waals surface area contributed by atoms with E-state index >= 15 is 0 Å². The molecule has 1 aromatic heterocycles. The van der Waals surface area contributed by atoms with Gasteiger partial charge >= 0.3 is 6.03 Å². The number of anilines is 3. The Morgan fingerprint density at radius 2 is 1.85 bits per heavy atom. The molecule has 3 amide bonds. The predicted molar refractivity (Wildman–Crippen MR) is 135 cm³/mol. The highest BCUT2D eigenvalue weighted by Gasteiger charge is 2.27. The normalized spacial score (nSPS) is 12.2. The molecule has 10 heteroatoms. The lowest BCUT2D eigenvalue weighted by atomic mass is 9.98. The van der Waals surface area contributed by atoms with E-state index in [1.54, 1.807) is 24.3 Å². The minimum atomic E-state index is -0.782. The molecule has 2 aromatic carbocycles. The van der Waals surface area contributed by atoms with Crippen LogP contribution in [0.4, 0.5) is 21.3 Å². The average Bonchev–Trinajstić information content (AvgIpc) is 3.30. The van der Waals surface area contributed by atoms with E-state index in [2.05, 4.69) is 26.1 Å². The van der Waals surface area contributed by atoms with Gasteiger partial charge in [0.05, 0.1) is 11.6 Å². The maximum absolute atomic E-state index is 13.0. The second-order valence-electron chi connectivity index (χ2n) is 8.00. The van der Waals surface area contributed by atoms with Gasteiger partial charge in [-0.25, -0.2) is 4.79 Å². The van der Waals surface area contributed by atoms with Gasteiger partial charge in [-0.2, -0.15) is 5.26 Å². The van der Waals surface area contributed by atoms with Gasteiger partial charge in [0.1, 0.15) is 11.0 Å². The van der Waals surface area contributed by atoms with E-state index < -0.39 is 12.1 Å². The summed E-state index contributed by atoms with van der Waals surface area (Å²) in [4.78, 5) is 27.6. The number of benzene rings is 2. The van der Waals surface area contributed by atoms with Crippen LogP contribution in [0.25, 0.3) is 10.6 Å². The third kappa shape index (κ3) is 6.30. The van der Waals surface area contributed by atoms with Gasteiger partial charge in [0.25, 0.3) is 0 Å². The summed E-state index contributed by atoms with van der Waals surface area (Å²) in [5, 5.41) is 26.5. The number of nitriles is 1. The van der Waals surface area contributed by atoms with Crippen molar-refractivity contribution in [2.75, 3.05) is 29.6 Å². The number of nitrogens with one attached hydrogen (secondary N) is 3. The largest absolute Gasteiger partial charge is 0.378 e. The SMILES string of the molecule is CCC(C)C(NC(=O)Nc1cccc(C#N)c1)C(=O)Nc1nnc(-c2ccc(N(C)C)cc2)s1. The van der Waals surface area contributed by atoms with Crippen LogP contribution in [0.15, 0.2) is 48.5 Å².